The fraction of sp³-hybridized carbons (Fsp3) is 0.400. The van der Waals surface area contributed by atoms with Gasteiger partial charge >= 0.3 is 7.60 Å². The van der Waals surface area contributed by atoms with Crippen molar-refractivity contribution in [3.63, 3.8) is 0 Å². The normalized spacial score (nSPS) is 20.6. The predicted molar refractivity (Wildman–Crippen MR) is 133 cm³/mol. The van der Waals surface area contributed by atoms with E-state index in [4.69, 9.17) is 9.05 Å². The van der Waals surface area contributed by atoms with Gasteiger partial charge in [-0.05, 0) is 56.9 Å². The standard InChI is InChI=1S/C25H29N2O6PS/c1-3-32-34(29,33-4-2)23-15-14-22-24-20(16-17-26(22)25(23)28)19-12-8-9-13-21(19)27(24)35(30,31)18-10-6-5-7-11-18/h5-13,22-23H,3-4,14-17H2,1-2H3. The molecule has 35 heavy (non-hydrogen) atoms. The van der Waals surface area contributed by atoms with Crippen LogP contribution in [0.25, 0.3) is 10.9 Å². The number of piperidine rings is 1. The molecule has 8 nitrogen and oxygen atoms in total. The number of aromatic nitrogens is 1. The summed E-state index contributed by atoms with van der Waals surface area (Å²) in [7, 11) is -7.55. The maximum absolute atomic E-state index is 13.9. The molecule has 10 heteroatoms. The first-order valence-corrected chi connectivity index (χ1v) is 15.0. The van der Waals surface area contributed by atoms with Crippen LogP contribution in [0.5, 0.6) is 0 Å². The highest BCUT2D eigenvalue weighted by Gasteiger charge is 2.50. The highest BCUT2D eigenvalue weighted by Crippen LogP contribution is 2.58. The monoisotopic (exact) mass is 516 g/mol. The highest BCUT2D eigenvalue weighted by atomic mass is 32.2. The second-order valence-electron chi connectivity index (χ2n) is 8.73. The lowest BCUT2D eigenvalue weighted by Crippen LogP contribution is -2.49. The van der Waals surface area contributed by atoms with Gasteiger partial charge in [0.15, 0.2) is 0 Å². The average Bonchev–Trinajstić information content (AvgIpc) is 3.21. The van der Waals surface area contributed by atoms with Crippen LogP contribution in [-0.4, -0.2) is 48.6 Å². The molecule has 0 aliphatic carbocycles. The van der Waals surface area contributed by atoms with Crippen molar-refractivity contribution in [3.05, 3.63) is 65.9 Å². The van der Waals surface area contributed by atoms with E-state index in [0.717, 1.165) is 10.9 Å². The maximum atomic E-state index is 13.9. The number of benzene rings is 2. The number of carbonyl (C=O) groups is 1. The molecule has 2 aliphatic rings. The van der Waals surface area contributed by atoms with Crippen molar-refractivity contribution in [1.29, 1.82) is 0 Å². The Balaban J connectivity index is 1.64. The van der Waals surface area contributed by atoms with E-state index in [1.807, 2.05) is 24.3 Å². The van der Waals surface area contributed by atoms with Crippen LogP contribution in [0.15, 0.2) is 59.5 Å². The van der Waals surface area contributed by atoms with E-state index in [2.05, 4.69) is 0 Å². The number of amides is 1. The molecule has 1 amide bonds. The molecule has 0 radical (unpaired) electrons. The minimum absolute atomic E-state index is 0.179. The van der Waals surface area contributed by atoms with Crippen LogP contribution in [0.3, 0.4) is 0 Å². The Morgan fingerprint density at radius 2 is 1.63 bits per heavy atom. The first-order valence-electron chi connectivity index (χ1n) is 12.0. The van der Waals surface area contributed by atoms with Crippen LogP contribution >= 0.6 is 7.60 Å². The molecule has 2 aliphatic heterocycles. The summed E-state index contributed by atoms with van der Waals surface area (Å²) in [6, 6.07) is 15.4. The first kappa shape index (κ1) is 24.3. The lowest BCUT2D eigenvalue weighted by atomic mass is 9.90. The number of hydrogen-bond donors (Lipinski definition) is 0. The molecule has 2 unspecified atom stereocenters. The van der Waals surface area contributed by atoms with Gasteiger partial charge in [-0.15, -0.1) is 0 Å². The molecule has 0 saturated carbocycles. The van der Waals surface area contributed by atoms with Crippen molar-refractivity contribution in [3.8, 4) is 0 Å². The summed E-state index contributed by atoms with van der Waals surface area (Å²) in [5.41, 5.74) is 1.29. The summed E-state index contributed by atoms with van der Waals surface area (Å²) in [4.78, 5) is 15.5. The number of hydrogen-bond acceptors (Lipinski definition) is 6. The summed E-state index contributed by atoms with van der Waals surface area (Å²) >= 11 is 0. The van der Waals surface area contributed by atoms with Gasteiger partial charge < -0.3 is 13.9 Å². The van der Waals surface area contributed by atoms with Gasteiger partial charge in [-0.2, -0.15) is 0 Å². The molecular weight excluding hydrogens is 487 g/mol. The largest absolute Gasteiger partial charge is 0.343 e. The third-order valence-electron chi connectivity index (χ3n) is 6.83. The Kier molecular flexibility index (Phi) is 6.38. The SMILES string of the molecule is CCOP(=O)(OCC)C1CCC2c3c(c4ccccc4n3S(=O)(=O)c3ccccc3)CCN2C1=O. The molecular formula is C25H29N2O6PS. The number of fused-ring (bicyclic) bond motifs is 5. The second-order valence-corrected chi connectivity index (χ2v) is 12.7. The van der Waals surface area contributed by atoms with Crippen LogP contribution in [0.4, 0.5) is 0 Å². The Morgan fingerprint density at radius 1 is 0.971 bits per heavy atom. The predicted octanol–water partition coefficient (Wildman–Crippen LogP) is 4.73. The van der Waals surface area contributed by atoms with Crippen LogP contribution in [0.2, 0.25) is 0 Å². The zero-order valence-electron chi connectivity index (χ0n) is 19.8. The second kappa shape index (κ2) is 9.21. The third-order valence-corrected chi connectivity index (χ3v) is 11.1. The Hall–Kier alpha value is -2.45. The molecule has 5 rings (SSSR count). The number of nitrogens with zero attached hydrogens (tertiary/aromatic N) is 2. The summed E-state index contributed by atoms with van der Waals surface area (Å²) in [5, 5.41) is 0.880. The van der Waals surface area contributed by atoms with Gasteiger partial charge in [0.05, 0.1) is 35.4 Å². The fourth-order valence-electron chi connectivity index (χ4n) is 5.45. The van der Waals surface area contributed by atoms with Crippen molar-refractivity contribution in [2.75, 3.05) is 19.8 Å². The lowest BCUT2D eigenvalue weighted by molar-refractivity contribution is -0.137. The van der Waals surface area contributed by atoms with Crippen molar-refractivity contribution < 1.29 is 26.8 Å². The van der Waals surface area contributed by atoms with E-state index >= 15 is 0 Å². The maximum Gasteiger partial charge on any atom is 0.343 e. The van der Waals surface area contributed by atoms with Gasteiger partial charge in [-0.25, -0.2) is 12.4 Å². The smallest absolute Gasteiger partial charge is 0.333 e. The lowest BCUT2D eigenvalue weighted by Gasteiger charge is -2.43. The van der Waals surface area contributed by atoms with Crippen LogP contribution in [0, 0.1) is 0 Å². The molecule has 2 atom stereocenters. The molecule has 1 saturated heterocycles. The Labute approximate surface area is 205 Å². The third kappa shape index (κ3) is 3.85. The Morgan fingerprint density at radius 3 is 2.31 bits per heavy atom. The molecule has 3 heterocycles. The minimum atomic E-state index is -3.92. The molecule has 1 aromatic heterocycles. The number of carbonyl (C=O) groups excluding carboxylic acids is 1. The molecule has 0 spiro atoms. The van der Waals surface area contributed by atoms with E-state index in [0.29, 0.717) is 37.0 Å². The Bertz CT molecular complexity index is 1410. The van der Waals surface area contributed by atoms with Crippen molar-refractivity contribution >= 4 is 34.4 Å². The number of rotatable bonds is 7. The van der Waals surface area contributed by atoms with Crippen molar-refractivity contribution in [2.24, 2.45) is 0 Å². The van der Waals surface area contributed by atoms with E-state index in [1.165, 1.54) is 3.97 Å². The average molecular weight is 517 g/mol. The van der Waals surface area contributed by atoms with E-state index in [-0.39, 0.29) is 24.0 Å². The molecule has 1 fully saturated rings. The zero-order valence-corrected chi connectivity index (χ0v) is 21.5. The number of para-hydroxylation sites is 1. The topological polar surface area (TPSA) is 94.9 Å². The van der Waals surface area contributed by atoms with Gasteiger partial charge in [0.1, 0.15) is 5.66 Å². The molecule has 186 valence electrons. The van der Waals surface area contributed by atoms with Crippen molar-refractivity contribution in [2.45, 2.75) is 49.7 Å². The highest BCUT2D eigenvalue weighted by molar-refractivity contribution is 7.90. The zero-order chi connectivity index (χ0) is 24.8. The van der Waals surface area contributed by atoms with Gasteiger partial charge in [-0.1, -0.05) is 36.4 Å². The summed E-state index contributed by atoms with van der Waals surface area (Å²) in [6.07, 6.45) is 1.27. The van der Waals surface area contributed by atoms with Crippen LogP contribution in [0.1, 0.15) is 44.0 Å². The molecule has 3 aromatic rings. The molecule has 0 bridgehead atoms. The first-order chi connectivity index (χ1) is 16.8. The van der Waals surface area contributed by atoms with E-state index in [9.17, 15) is 17.8 Å². The van der Waals surface area contributed by atoms with E-state index < -0.39 is 29.3 Å². The van der Waals surface area contributed by atoms with Gasteiger partial charge in [-0.3, -0.25) is 9.36 Å². The quantitative estimate of drug-likeness (QED) is 0.422. The molecule has 0 N–H and O–H groups in total. The van der Waals surface area contributed by atoms with Crippen LogP contribution in [-0.2, 0) is 34.9 Å². The molecule has 2 aromatic carbocycles. The summed E-state index contributed by atoms with van der Waals surface area (Å²) < 4.78 is 53.7. The fourth-order valence-corrected chi connectivity index (χ4v) is 9.10. The summed E-state index contributed by atoms with van der Waals surface area (Å²) in [5.74, 6) is -0.300. The summed E-state index contributed by atoms with van der Waals surface area (Å²) in [6.45, 7) is 4.23. The van der Waals surface area contributed by atoms with Crippen molar-refractivity contribution in [1.82, 2.24) is 8.87 Å². The van der Waals surface area contributed by atoms with Gasteiger partial charge in [0.2, 0.25) is 5.91 Å². The van der Waals surface area contributed by atoms with Crippen LogP contribution < -0.4 is 0 Å². The minimum Gasteiger partial charge on any atom is -0.333 e. The van der Waals surface area contributed by atoms with Gasteiger partial charge in [0, 0.05) is 11.9 Å². The van der Waals surface area contributed by atoms with Gasteiger partial charge in [0.25, 0.3) is 10.0 Å². The van der Waals surface area contributed by atoms with E-state index in [1.54, 1.807) is 49.1 Å².